The second-order valence-corrected chi connectivity index (χ2v) is 7.09. The Morgan fingerprint density at radius 1 is 1.50 bits per heavy atom. The number of carbonyl (C=O) groups is 1. The molecule has 1 amide bonds. The highest BCUT2D eigenvalue weighted by Crippen LogP contribution is 2.17. The molecule has 3 rings (SSSR count). The standard InChI is InChI=1S/C17H25N5O2/c1-11(2)9-21-5-4-13(10-21)7-19-17(24)14-8-18-15-6-16(23)20-22(15)12(14)3/h6,8,11,13H,4-5,7,9-10H2,1-3H3,(H,19,24)(H,20,23). The summed E-state index contributed by atoms with van der Waals surface area (Å²) in [5.41, 5.74) is 1.48. The zero-order valence-electron chi connectivity index (χ0n) is 14.5. The highest BCUT2D eigenvalue weighted by Gasteiger charge is 2.23. The molecule has 7 nitrogen and oxygen atoms in total. The Morgan fingerprint density at radius 2 is 2.29 bits per heavy atom. The van der Waals surface area contributed by atoms with E-state index in [-0.39, 0.29) is 11.5 Å². The smallest absolute Gasteiger partial charge is 0.266 e. The van der Waals surface area contributed by atoms with Gasteiger partial charge in [0, 0.05) is 31.9 Å². The number of fused-ring (bicyclic) bond motifs is 1. The van der Waals surface area contributed by atoms with E-state index < -0.39 is 0 Å². The van der Waals surface area contributed by atoms with Gasteiger partial charge in [0.1, 0.15) is 0 Å². The second kappa shape index (κ2) is 6.76. The lowest BCUT2D eigenvalue weighted by Gasteiger charge is -2.18. The number of aromatic amines is 1. The first kappa shape index (κ1) is 16.7. The SMILES string of the molecule is Cc1c(C(=O)NCC2CCN(CC(C)C)C2)cnc2cc(=O)[nH]n12. The molecule has 1 fully saturated rings. The fourth-order valence-electron chi connectivity index (χ4n) is 3.39. The highest BCUT2D eigenvalue weighted by atomic mass is 16.1. The summed E-state index contributed by atoms with van der Waals surface area (Å²) in [5, 5.41) is 5.67. The number of rotatable bonds is 5. The van der Waals surface area contributed by atoms with Crippen LogP contribution in [0.4, 0.5) is 0 Å². The number of hydrogen-bond acceptors (Lipinski definition) is 4. The molecule has 1 saturated heterocycles. The van der Waals surface area contributed by atoms with Gasteiger partial charge in [0.25, 0.3) is 11.5 Å². The lowest BCUT2D eigenvalue weighted by Crippen LogP contribution is -2.32. The Hall–Kier alpha value is -2.15. The summed E-state index contributed by atoms with van der Waals surface area (Å²) < 4.78 is 1.55. The lowest BCUT2D eigenvalue weighted by molar-refractivity contribution is 0.0945. The van der Waals surface area contributed by atoms with Crippen molar-refractivity contribution in [3.63, 3.8) is 0 Å². The van der Waals surface area contributed by atoms with Crippen LogP contribution in [0.5, 0.6) is 0 Å². The van der Waals surface area contributed by atoms with E-state index >= 15 is 0 Å². The number of likely N-dealkylation sites (tertiary alicyclic amines) is 1. The molecule has 2 aromatic rings. The molecule has 2 N–H and O–H groups in total. The Labute approximate surface area is 141 Å². The van der Waals surface area contributed by atoms with Gasteiger partial charge in [-0.3, -0.25) is 14.7 Å². The van der Waals surface area contributed by atoms with Crippen molar-refractivity contribution in [2.75, 3.05) is 26.2 Å². The lowest BCUT2D eigenvalue weighted by atomic mass is 10.1. The fraction of sp³-hybridized carbons (Fsp3) is 0.588. The molecule has 24 heavy (non-hydrogen) atoms. The van der Waals surface area contributed by atoms with Crippen molar-refractivity contribution in [1.82, 2.24) is 24.8 Å². The summed E-state index contributed by atoms with van der Waals surface area (Å²) in [6.45, 7) is 10.2. The van der Waals surface area contributed by atoms with Crippen molar-refractivity contribution >= 4 is 11.6 Å². The maximum Gasteiger partial charge on any atom is 0.266 e. The van der Waals surface area contributed by atoms with Crippen molar-refractivity contribution in [2.24, 2.45) is 11.8 Å². The quantitative estimate of drug-likeness (QED) is 0.857. The maximum atomic E-state index is 12.5. The zero-order chi connectivity index (χ0) is 17.3. The molecule has 0 spiro atoms. The van der Waals surface area contributed by atoms with Gasteiger partial charge in [-0.05, 0) is 31.7 Å². The topological polar surface area (TPSA) is 82.5 Å². The minimum absolute atomic E-state index is 0.140. The van der Waals surface area contributed by atoms with Crippen molar-refractivity contribution in [3.05, 3.63) is 33.9 Å². The minimum Gasteiger partial charge on any atom is -0.352 e. The number of hydrogen-bond donors (Lipinski definition) is 2. The van der Waals surface area contributed by atoms with Crippen LogP contribution in [-0.4, -0.2) is 51.6 Å². The molecular weight excluding hydrogens is 306 g/mol. The van der Waals surface area contributed by atoms with Gasteiger partial charge in [-0.2, -0.15) is 0 Å². The number of carbonyl (C=O) groups excluding carboxylic acids is 1. The number of H-pyrrole nitrogens is 1. The average Bonchev–Trinajstić information content (AvgIpc) is 3.11. The predicted octanol–water partition coefficient (Wildman–Crippen LogP) is 1.04. The van der Waals surface area contributed by atoms with Crippen LogP contribution in [0.1, 0.15) is 36.3 Å². The number of amides is 1. The zero-order valence-corrected chi connectivity index (χ0v) is 14.5. The largest absolute Gasteiger partial charge is 0.352 e. The van der Waals surface area contributed by atoms with Crippen LogP contribution in [0.25, 0.3) is 5.65 Å². The molecule has 130 valence electrons. The third kappa shape index (κ3) is 3.51. The molecule has 0 aliphatic carbocycles. The summed E-state index contributed by atoms with van der Waals surface area (Å²) in [4.78, 5) is 30.5. The Morgan fingerprint density at radius 3 is 3.04 bits per heavy atom. The number of aryl methyl sites for hydroxylation is 1. The molecule has 1 atom stereocenters. The summed E-state index contributed by atoms with van der Waals surface area (Å²) in [7, 11) is 0. The molecular formula is C17H25N5O2. The van der Waals surface area contributed by atoms with Crippen molar-refractivity contribution < 1.29 is 4.79 Å². The van der Waals surface area contributed by atoms with Crippen molar-refractivity contribution in [2.45, 2.75) is 27.2 Å². The number of aromatic nitrogens is 3. The highest BCUT2D eigenvalue weighted by molar-refractivity contribution is 5.95. The van der Waals surface area contributed by atoms with Crippen LogP contribution in [0.15, 0.2) is 17.1 Å². The Bertz CT molecular complexity index is 792. The van der Waals surface area contributed by atoms with Gasteiger partial charge in [0.15, 0.2) is 5.65 Å². The van der Waals surface area contributed by atoms with E-state index in [0.717, 1.165) is 26.1 Å². The van der Waals surface area contributed by atoms with E-state index in [9.17, 15) is 9.59 Å². The first-order valence-electron chi connectivity index (χ1n) is 8.52. The van der Waals surface area contributed by atoms with E-state index in [4.69, 9.17) is 0 Å². The maximum absolute atomic E-state index is 12.5. The predicted molar refractivity (Wildman–Crippen MR) is 92.3 cm³/mol. The molecule has 1 unspecified atom stereocenters. The van der Waals surface area contributed by atoms with Crippen LogP contribution in [-0.2, 0) is 0 Å². The normalized spacial score (nSPS) is 18.6. The van der Waals surface area contributed by atoms with Crippen LogP contribution in [0, 0.1) is 18.8 Å². The van der Waals surface area contributed by atoms with Gasteiger partial charge in [0.05, 0.1) is 11.3 Å². The monoisotopic (exact) mass is 331 g/mol. The molecule has 2 aromatic heterocycles. The van der Waals surface area contributed by atoms with E-state index in [2.05, 4.69) is 34.1 Å². The third-order valence-electron chi connectivity index (χ3n) is 4.55. The van der Waals surface area contributed by atoms with Crippen molar-refractivity contribution in [3.8, 4) is 0 Å². The number of nitrogens with zero attached hydrogens (tertiary/aromatic N) is 3. The van der Waals surface area contributed by atoms with Crippen LogP contribution in [0.3, 0.4) is 0 Å². The van der Waals surface area contributed by atoms with Gasteiger partial charge < -0.3 is 10.2 Å². The van der Waals surface area contributed by atoms with Gasteiger partial charge in [-0.15, -0.1) is 0 Å². The van der Waals surface area contributed by atoms with Crippen molar-refractivity contribution in [1.29, 1.82) is 0 Å². The number of nitrogens with one attached hydrogen (secondary N) is 2. The summed E-state index contributed by atoms with van der Waals surface area (Å²) in [6.07, 6.45) is 2.65. The molecule has 3 heterocycles. The molecule has 1 aliphatic heterocycles. The molecule has 0 aromatic carbocycles. The van der Waals surface area contributed by atoms with E-state index in [1.165, 1.54) is 12.3 Å². The van der Waals surface area contributed by atoms with E-state index in [1.807, 2.05) is 0 Å². The molecule has 7 heteroatoms. The van der Waals surface area contributed by atoms with E-state index in [0.29, 0.717) is 35.3 Å². The summed E-state index contributed by atoms with van der Waals surface area (Å²) in [6, 6.07) is 1.41. The summed E-state index contributed by atoms with van der Waals surface area (Å²) >= 11 is 0. The second-order valence-electron chi connectivity index (χ2n) is 7.09. The van der Waals surface area contributed by atoms with Crippen LogP contribution >= 0.6 is 0 Å². The molecule has 0 radical (unpaired) electrons. The van der Waals surface area contributed by atoms with Crippen LogP contribution < -0.4 is 10.9 Å². The average molecular weight is 331 g/mol. The van der Waals surface area contributed by atoms with Gasteiger partial charge in [-0.1, -0.05) is 13.8 Å². The van der Waals surface area contributed by atoms with Gasteiger partial charge >= 0.3 is 0 Å². The third-order valence-corrected chi connectivity index (χ3v) is 4.55. The van der Waals surface area contributed by atoms with Gasteiger partial charge in [0.2, 0.25) is 0 Å². The summed E-state index contributed by atoms with van der Waals surface area (Å²) in [5.74, 6) is 1.03. The van der Waals surface area contributed by atoms with E-state index in [1.54, 1.807) is 11.4 Å². The van der Waals surface area contributed by atoms with Crippen LogP contribution in [0.2, 0.25) is 0 Å². The molecule has 0 bridgehead atoms. The first-order valence-corrected chi connectivity index (χ1v) is 8.52. The molecule has 1 aliphatic rings. The molecule has 0 saturated carbocycles. The fourth-order valence-corrected chi connectivity index (χ4v) is 3.39. The Balaban J connectivity index is 1.62. The first-order chi connectivity index (χ1) is 11.4. The van der Waals surface area contributed by atoms with Gasteiger partial charge in [-0.25, -0.2) is 9.50 Å². The Kier molecular flexibility index (Phi) is 4.71. The minimum atomic E-state index is -0.223.